The highest BCUT2D eigenvalue weighted by atomic mass is 32.2. The van der Waals surface area contributed by atoms with E-state index in [4.69, 9.17) is 10.00 Å². The van der Waals surface area contributed by atoms with Crippen LogP contribution in [0.3, 0.4) is 0 Å². The lowest BCUT2D eigenvalue weighted by atomic mass is 10.2. The number of nitrogens with zero attached hydrogens (tertiary/aromatic N) is 2. The van der Waals surface area contributed by atoms with Gasteiger partial charge in [0.1, 0.15) is 6.54 Å². The van der Waals surface area contributed by atoms with Gasteiger partial charge in [-0.25, -0.2) is 0 Å². The van der Waals surface area contributed by atoms with E-state index in [1.807, 2.05) is 18.2 Å². The summed E-state index contributed by atoms with van der Waals surface area (Å²) in [5.74, 6) is -1.11. The molecule has 2 aromatic carbocycles. The van der Waals surface area contributed by atoms with Crippen molar-refractivity contribution < 1.29 is 19.1 Å². The molecule has 0 aromatic heterocycles. The van der Waals surface area contributed by atoms with E-state index in [-0.39, 0.29) is 18.2 Å². The van der Waals surface area contributed by atoms with E-state index in [0.717, 1.165) is 4.90 Å². The van der Waals surface area contributed by atoms with Gasteiger partial charge < -0.3 is 10.1 Å². The lowest BCUT2D eigenvalue weighted by Crippen LogP contribution is -2.41. The molecule has 0 bridgehead atoms. The molecule has 3 rings (SSSR count). The highest BCUT2D eigenvalue weighted by Gasteiger charge is 2.28. The summed E-state index contributed by atoms with van der Waals surface area (Å²) in [6, 6.07) is 15.6. The largest absolute Gasteiger partial charge is 0.451 e. The maximum Gasteiger partial charge on any atom is 0.326 e. The van der Waals surface area contributed by atoms with Crippen LogP contribution in [0.4, 0.5) is 11.4 Å². The van der Waals surface area contributed by atoms with Gasteiger partial charge in [0, 0.05) is 10.6 Å². The molecule has 28 heavy (non-hydrogen) atoms. The Morgan fingerprint density at radius 1 is 1.25 bits per heavy atom. The average Bonchev–Trinajstić information content (AvgIpc) is 2.70. The number of esters is 1. The number of hydrogen-bond acceptors (Lipinski definition) is 6. The van der Waals surface area contributed by atoms with E-state index in [9.17, 15) is 14.4 Å². The van der Waals surface area contributed by atoms with Crippen molar-refractivity contribution in [1.29, 1.82) is 5.26 Å². The van der Waals surface area contributed by atoms with Gasteiger partial charge in [-0.1, -0.05) is 12.1 Å². The first kappa shape index (κ1) is 19.5. The fraction of sp³-hybridized carbons (Fsp3) is 0.200. The van der Waals surface area contributed by atoms with Crippen LogP contribution in [0.1, 0.15) is 12.5 Å². The molecule has 0 saturated carbocycles. The van der Waals surface area contributed by atoms with Crippen molar-refractivity contribution >= 4 is 40.9 Å². The zero-order chi connectivity index (χ0) is 20.1. The van der Waals surface area contributed by atoms with Crippen LogP contribution < -0.4 is 10.2 Å². The first-order chi connectivity index (χ1) is 13.5. The van der Waals surface area contributed by atoms with Gasteiger partial charge in [-0.05, 0) is 43.3 Å². The predicted octanol–water partition coefficient (Wildman–Crippen LogP) is 2.57. The minimum absolute atomic E-state index is 0.185. The summed E-state index contributed by atoms with van der Waals surface area (Å²) >= 11 is 1.42. The lowest BCUT2D eigenvalue weighted by Gasteiger charge is -2.28. The summed E-state index contributed by atoms with van der Waals surface area (Å²) in [7, 11) is 0. The molecule has 0 aliphatic carbocycles. The minimum atomic E-state index is -1.03. The third-order valence-electron chi connectivity index (χ3n) is 4.05. The van der Waals surface area contributed by atoms with Crippen LogP contribution in [0.25, 0.3) is 0 Å². The Balaban J connectivity index is 1.59. The maximum atomic E-state index is 12.3. The molecule has 0 radical (unpaired) electrons. The van der Waals surface area contributed by atoms with E-state index in [0.29, 0.717) is 16.9 Å². The molecule has 2 amide bonds. The van der Waals surface area contributed by atoms with Gasteiger partial charge in [-0.2, -0.15) is 5.26 Å². The van der Waals surface area contributed by atoms with Crippen LogP contribution in [0.15, 0.2) is 53.4 Å². The van der Waals surface area contributed by atoms with E-state index in [2.05, 4.69) is 5.32 Å². The molecule has 7 nitrogen and oxygen atoms in total. The van der Waals surface area contributed by atoms with Gasteiger partial charge >= 0.3 is 5.97 Å². The number of rotatable bonds is 5. The molecule has 0 saturated heterocycles. The summed E-state index contributed by atoms with van der Waals surface area (Å²) in [5, 5.41) is 11.4. The van der Waals surface area contributed by atoms with Crippen LogP contribution in [-0.2, 0) is 19.1 Å². The molecular weight excluding hydrogens is 378 g/mol. The van der Waals surface area contributed by atoms with Gasteiger partial charge in [0.05, 0.1) is 23.1 Å². The van der Waals surface area contributed by atoms with Crippen LogP contribution in [0, 0.1) is 11.3 Å². The van der Waals surface area contributed by atoms with Crippen molar-refractivity contribution in [3.63, 3.8) is 0 Å². The second-order valence-corrected chi connectivity index (χ2v) is 7.06. The minimum Gasteiger partial charge on any atom is -0.451 e. The Kier molecular flexibility index (Phi) is 5.96. The summed E-state index contributed by atoms with van der Waals surface area (Å²) in [4.78, 5) is 39.0. The Morgan fingerprint density at radius 3 is 2.68 bits per heavy atom. The summed E-state index contributed by atoms with van der Waals surface area (Å²) in [6.07, 6.45) is -1.03. The standard InChI is InChI=1S/C20H17N3O4S/c1-13(20(26)22-15-8-6-14(10-21)7-9-15)27-19(25)11-23-16-4-2-3-5-17(16)28-12-18(23)24/h2-9,13H,11-12H2,1H3,(H,22,26)/t13-/m0/s1. The smallest absolute Gasteiger partial charge is 0.326 e. The number of carbonyl (C=O) groups is 3. The molecule has 0 spiro atoms. The molecule has 1 heterocycles. The Bertz CT molecular complexity index is 953. The van der Waals surface area contributed by atoms with Crippen LogP contribution >= 0.6 is 11.8 Å². The topological polar surface area (TPSA) is 99.5 Å². The summed E-state index contributed by atoms with van der Waals surface area (Å²) in [5.41, 5.74) is 1.63. The van der Waals surface area contributed by atoms with Gasteiger partial charge in [0.15, 0.2) is 6.10 Å². The fourth-order valence-electron chi connectivity index (χ4n) is 2.62. The third-order valence-corrected chi connectivity index (χ3v) is 5.10. The van der Waals surface area contributed by atoms with Crippen molar-refractivity contribution in [3.05, 3.63) is 54.1 Å². The molecule has 1 N–H and O–H groups in total. The number of nitriles is 1. The number of amides is 2. The number of anilines is 2. The van der Waals surface area contributed by atoms with E-state index < -0.39 is 18.0 Å². The second-order valence-electron chi connectivity index (χ2n) is 6.05. The van der Waals surface area contributed by atoms with Crippen molar-refractivity contribution in [1.82, 2.24) is 0 Å². The van der Waals surface area contributed by atoms with Gasteiger partial charge in [0.25, 0.3) is 5.91 Å². The van der Waals surface area contributed by atoms with Crippen molar-refractivity contribution in [2.24, 2.45) is 0 Å². The third kappa shape index (κ3) is 4.50. The van der Waals surface area contributed by atoms with Gasteiger partial charge in [0.2, 0.25) is 5.91 Å². The SMILES string of the molecule is C[C@H](OC(=O)CN1C(=O)CSc2ccccc21)C(=O)Nc1ccc(C#N)cc1. The molecular formula is C20H17N3O4S. The number of ether oxygens (including phenoxy) is 1. The molecule has 8 heteroatoms. The summed E-state index contributed by atoms with van der Waals surface area (Å²) in [6.45, 7) is 1.20. The van der Waals surface area contributed by atoms with Crippen LogP contribution in [0.2, 0.25) is 0 Å². The molecule has 2 aromatic rings. The highest BCUT2D eigenvalue weighted by Crippen LogP contribution is 2.34. The monoisotopic (exact) mass is 395 g/mol. The first-order valence-electron chi connectivity index (χ1n) is 8.50. The van der Waals surface area contributed by atoms with Crippen LogP contribution in [-0.4, -0.2) is 36.2 Å². The number of carbonyl (C=O) groups excluding carboxylic acids is 3. The molecule has 142 valence electrons. The van der Waals surface area contributed by atoms with Crippen LogP contribution in [0.5, 0.6) is 0 Å². The first-order valence-corrected chi connectivity index (χ1v) is 9.49. The number of para-hydroxylation sites is 1. The number of nitrogens with one attached hydrogen (secondary N) is 1. The van der Waals surface area contributed by atoms with E-state index >= 15 is 0 Å². The highest BCUT2D eigenvalue weighted by molar-refractivity contribution is 8.00. The molecule has 0 fully saturated rings. The van der Waals surface area contributed by atoms with E-state index in [1.54, 1.807) is 36.4 Å². The number of hydrogen-bond donors (Lipinski definition) is 1. The number of thioether (sulfide) groups is 1. The fourth-order valence-corrected chi connectivity index (χ4v) is 3.55. The normalized spacial score (nSPS) is 13.9. The Hall–Kier alpha value is -3.31. The number of fused-ring (bicyclic) bond motifs is 1. The summed E-state index contributed by atoms with van der Waals surface area (Å²) < 4.78 is 5.19. The van der Waals surface area contributed by atoms with Crippen molar-refractivity contribution in [3.8, 4) is 6.07 Å². The zero-order valence-corrected chi connectivity index (χ0v) is 15.9. The zero-order valence-electron chi connectivity index (χ0n) is 15.0. The second kappa shape index (κ2) is 8.59. The van der Waals surface area contributed by atoms with Gasteiger partial charge in [-0.3, -0.25) is 19.3 Å². The predicted molar refractivity (Wildman–Crippen MR) is 105 cm³/mol. The molecule has 1 aliphatic heterocycles. The maximum absolute atomic E-state index is 12.3. The molecule has 0 unspecified atom stereocenters. The number of benzene rings is 2. The van der Waals surface area contributed by atoms with Crippen molar-refractivity contribution in [2.75, 3.05) is 22.5 Å². The van der Waals surface area contributed by atoms with E-state index in [1.165, 1.54) is 23.6 Å². The Labute approximate surface area is 166 Å². The molecule has 1 aliphatic rings. The average molecular weight is 395 g/mol. The molecule has 1 atom stereocenters. The Morgan fingerprint density at radius 2 is 1.96 bits per heavy atom. The lowest BCUT2D eigenvalue weighted by molar-refractivity contribution is -0.152. The van der Waals surface area contributed by atoms with Gasteiger partial charge in [-0.15, -0.1) is 11.8 Å². The quantitative estimate of drug-likeness (QED) is 0.781. The van der Waals surface area contributed by atoms with Crippen molar-refractivity contribution in [2.45, 2.75) is 17.9 Å².